The lowest BCUT2D eigenvalue weighted by molar-refractivity contribution is 0.0949. The molecule has 0 unspecified atom stereocenters. The number of benzene rings is 1. The van der Waals surface area contributed by atoms with Gasteiger partial charge >= 0.3 is 0 Å². The number of furan rings is 1. The van der Waals surface area contributed by atoms with Crippen LogP contribution in [0.1, 0.15) is 32.8 Å². The Hall–Kier alpha value is -2.07. The maximum atomic E-state index is 12.1. The highest BCUT2D eigenvalue weighted by atomic mass is 16.3. The number of hydrogen-bond donors (Lipinski definition) is 2. The molecule has 1 aromatic heterocycles. The fourth-order valence-electron chi connectivity index (χ4n) is 2.05. The first-order valence-electron chi connectivity index (χ1n) is 6.22. The fourth-order valence-corrected chi connectivity index (χ4v) is 2.05. The first-order chi connectivity index (χ1) is 9.11. The van der Waals surface area contributed by atoms with Gasteiger partial charge in [0, 0.05) is 18.7 Å². The summed E-state index contributed by atoms with van der Waals surface area (Å²) in [4.78, 5) is 12.1. The molecule has 0 fully saturated rings. The summed E-state index contributed by atoms with van der Waals surface area (Å²) < 4.78 is 5.23. The smallest absolute Gasteiger partial charge is 0.255 e. The zero-order valence-corrected chi connectivity index (χ0v) is 11.2. The molecule has 1 heterocycles. The molecule has 0 saturated heterocycles. The molecule has 0 saturated carbocycles. The first kappa shape index (κ1) is 13.4. The van der Waals surface area contributed by atoms with Gasteiger partial charge in [-0.2, -0.15) is 0 Å². The van der Waals surface area contributed by atoms with Crippen molar-refractivity contribution in [3.8, 4) is 0 Å². The van der Waals surface area contributed by atoms with Crippen LogP contribution in [0.3, 0.4) is 0 Å². The number of carbonyl (C=O) groups excluding carboxylic acids is 1. The van der Waals surface area contributed by atoms with E-state index in [9.17, 15) is 4.79 Å². The van der Waals surface area contributed by atoms with Crippen LogP contribution in [0.15, 0.2) is 34.9 Å². The van der Waals surface area contributed by atoms with Gasteiger partial charge in [0.15, 0.2) is 0 Å². The lowest BCUT2D eigenvalue weighted by atomic mass is 10.1. The normalized spacial score (nSPS) is 10.5. The number of aryl methyl sites for hydroxylation is 2. The number of hydrogen-bond acceptors (Lipinski definition) is 3. The number of nitrogens with two attached hydrogens (primary N) is 1. The molecule has 100 valence electrons. The molecule has 2 aromatic rings. The van der Waals surface area contributed by atoms with Gasteiger partial charge in [-0.3, -0.25) is 4.79 Å². The van der Waals surface area contributed by atoms with Gasteiger partial charge in [-0.25, -0.2) is 0 Å². The van der Waals surface area contributed by atoms with Crippen LogP contribution in [0.5, 0.6) is 0 Å². The molecule has 2 rings (SSSR count). The lowest BCUT2D eigenvalue weighted by Gasteiger charge is -2.07. The van der Waals surface area contributed by atoms with Gasteiger partial charge in [0.2, 0.25) is 0 Å². The minimum Gasteiger partial charge on any atom is -0.469 e. The Morgan fingerprint density at radius 2 is 2.05 bits per heavy atom. The maximum absolute atomic E-state index is 12.1. The second-order valence-electron chi connectivity index (χ2n) is 4.56. The van der Waals surface area contributed by atoms with Crippen molar-refractivity contribution in [1.29, 1.82) is 0 Å². The van der Waals surface area contributed by atoms with Crippen LogP contribution in [-0.4, -0.2) is 5.91 Å². The second-order valence-corrected chi connectivity index (χ2v) is 4.56. The first-order valence-corrected chi connectivity index (χ1v) is 6.22. The van der Waals surface area contributed by atoms with Crippen LogP contribution in [0, 0.1) is 13.8 Å². The standard InChI is InChI=1S/C15H18N2O2/c1-10-9-19-11(2)14(10)15(18)17-8-13-5-3-4-12(6-13)7-16/h3-6,9H,7-8,16H2,1-2H3,(H,17,18). The summed E-state index contributed by atoms with van der Waals surface area (Å²) in [6.07, 6.45) is 1.60. The van der Waals surface area contributed by atoms with Crippen molar-refractivity contribution in [2.75, 3.05) is 0 Å². The van der Waals surface area contributed by atoms with E-state index in [1.807, 2.05) is 31.2 Å². The molecule has 0 aliphatic rings. The highest BCUT2D eigenvalue weighted by molar-refractivity contribution is 5.96. The third-order valence-electron chi connectivity index (χ3n) is 3.07. The third-order valence-corrected chi connectivity index (χ3v) is 3.07. The summed E-state index contributed by atoms with van der Waals surface area (Å²) in [7, 11) is 0. The van der Waals surface area contributed by atoms with Crippen molar-refractivity contribution in [1.82, 2.24) is 5.32 Å². The average Bonchev–Trinajstić information content (AvgIpc) is 2.76. The highest BCUT2D eigenvalue weighted by Gasteiger charge is 2.14. The summed E-state index contributed by atoms with van der Waals surface area (Å²) in [5, 5.41) is 2.89. The summed E-state index contributed by atoms with van der Waals surface area (Å²) in [6, 6.07) is 7.87. The predicted octanol–water partition coefficient (Wildman–Crippen LogP) is 2.29. The van der Waals surface area contributed by atoms with E-state index in [1.54, 1.807) is 13.2 Å². The van der Waals surface area contributed by atoms with Crippen molar-refractivity contribution in [2.45, 2.75) is 26.9 Å². The van der Waals surface area contributed by atoms with Gasteiger partial charge in [-0.15, -0.1) is 0 Å². The monoisotopic (exact) mass is 258 g/mol. The maximum Gasteiger partial charge on any atom is 0.255 e. The van der Waals surface area contributed by atoms with Gasteiger partial charge < -0.3 is 15.5 Å². The number of carbonyl (C=O) groups is 1. The Morgan fingerprint density at radius 1 is 1.32 bits per heavy atom. The van der Waals surface area contributed by atoms with E-state index in [-0.39, 0.29) is 5.91 Å². The molecule has 0 atom stereocenters. The van der Waals surface area contributed by atoms with Gasteiger partial charge in [-0.05, 0) is 25.0 Å². The Kier molecular flexibility index (Phi) is 4.02. The van der Waals surface area contributed by atoms with Crippen LogP contribution in [0.25, 0.3) is 0 Å². The zero-order chi connectivity index (χ0) is 13.8. The van der Waals surface area contributed by atoms with Crippen LogP contribution >= 0.6 is 0 Å². The van der Waals surface area contributed by atoms with Crippen LogP contribution in [0.4, 0.5) is 0 Å². The Bertz CT molecular complexity index is 568. The average molecular weight is 258 g/mol. The van der Waals surface area contributed by atoms with Crippen LogP contribution in [-0.2, 0) is 13.1 Å². The Morgan fingerprint density at radius 3 is 2.68 bits per heavy atom. The van der Waals surface area contributed by atoms with Crippen LogP contribution in [0.2, 0.25) is 0 Å². The van der Waals surface area contributed by atoms with Gasteiger partial charge in [0.25, 0.3) is 5.91 Å². The molecule has 0 aliphatic carbocycles. The molecule has 1 amide bonds. The molecule has 4 heteroatoms. The molecular weight excluding hydrogens is 240 g/mol. The Balaban J connectivity index is 2.04. The lowest BCUT2D eigenvalue weighted by Crippen LogP contribution is -2.23. The minimum atomic E-state index is -0.109. The number of nitrogens with one attached hydrogen (secondary N) is 1. The second kappa shape index (κ2) is 5.71. The Labute approximate surface area is 112 Å². The molecule has 0 bridgehead atoms. The fraction of sp³-hybridized carbons (Fsp3) is 0.267. The molecule has 0 spiro atoms. The van der Waals surface area contributed by atoms with E-state index >= 15 is 0 Å². The zero-order valence-electron chi connectivity index (χ0n) is 11.2. The number of amides is 1. The molecule has 1 aromatic carbocycles. The van der Waals surface area contributed by atoms with E-state index in [2.05, 4.69) is 5.32 Å². The highest BCUT2D eigenvalue weighted by Crippen LogP contribution is 2.15. The quantitative estimate of drug-likeness (QED) is 0.884. The largest absolute Gasteiger partial charge is 0.469 e. The van der Waals surface area contributed by atoms with Gasteiger partial charge in [0.05, 0.1) is 11.8 Å². The van der Waals surface area contributed by atoms with Crippen molar-refractivity contribution in [2.24, 2.45) is 5.73 Å². The summed E-state index contributed by atoms with van der Waals surface area (Å²) in [5.74, 6) is 0.535. The van der Waals surface area contributed by atoms with Crippen molar-refractivity contribution < 1.29 is 9.21 Å². The van der Waals surface area contributed by atoms with Crippen molar-refractivity contribution in [3.05, 3.63) is 58.5 Å². The SMILES string of the molecule is Cc1coc(C)c1C(=O)NCc1cccc(CN)c1. The van der Waals surface area contributed by atoms with Crippen molar-refractivity contribution >= 4 is 5.91 Å². The topological polar surface area (TPSA) is 68.3 Å². The van der Waals surface area contributed by atoms with Crippen molar-refractivity contribution in [3.63, 3.8) is 0 Å². The number of rotatable bonds is 4. The van der Waals surface area contributed by atoms with Gasteiger partial charge in [0.1, 0.15) is 5.76 Å². The summed E-state index contributed by atoms with van der Waals surface area (Å²) in [5.41, 5.74) is 9.16. The van der Waals surface area contributed by atoms with Gasteiger partial charge in [-0.1, -0.05) is 24.3 Å². The summed E-state index contributed by atoms with van der Waals surface area (Å²) >= 11 is 0. The molecule has 0 aliphatic heterocycles. The molecule has 0 radical (unpaired) electrons. The molecule has 3 N–H and O–H groups in total. The van der Waals surface area contributed by atoms with Crippen LogP contribution < -0.4 is 11.1 Å². The minimum absolute atomic E-state index is 0.109. The molecular formula is C15H18N2O2. The predicted molar refractivity (Wildman–Crippen MR) is 73.7 cm³/mol. The third kappa shape index (κ3) is 3.03. The van der Waals surface area contributed by atoms with E-state index in [0.29, 0.717) is 24.4 Å². The summed E-state index contributed by atoms with van der Waals surface area (Å²) in [6.45, 7) is 4.63. The van der Waals surface area contributed by atoms with E-state index in [1.165, 1.54) is 0 Å². The molecule has 4 nitrogen and oxygen atoms in total. The molecule has 19 heavy (non-hydrogen) atoms. The van der Waals surface area contributed by atoms with E-state index in [0.717, 1.165) is 16.7 Å². The van der Waals surface area contributed by atoms with E-state index < -0.39 is 0 Å². The van der Waals surface area contributed by atoms with E-state index in [4.69, 9.17) is 10.2 Å².